The molecule has 1 aliphatic carbocycles. The number of aromatic hydroxyl groups is 1. The van der Waals surface area contributed by atoms with Crippen molar-refractivity contribution in [1.82, 2.24) is 23.5 Å². The van der Waals surface area contributed by atoms with Crippen LogP contribution in [0.1, 0.15) is 36.6 Å². The van der Waals surface area contributed by atoms with E-state index >= 15 is 0 Å². The van der Waals surface area contributed by atoms with Crippen molar-refractivity contribution >= 4 is 39.3 Å². The van der Waals surface area contributed by atoms with Gasteiger partial charge in [-0.3, -0.25) is 14.4 Å². The van der Waals surface area contributed by atoms with Crippen LogP contribution in [0.25, 0.3) is 21.8 Å². The molecule has 3 aliphatic rings. The number of hydrogen-bond donors (Lipinski definition) is 1. The van der Waals surface area contributed by atoms with Crippen molar-refractivity contribution in [3.8, 4) is 17.2 Å². The number of aromatic nitrogens is 5. The number of imide groups is 1. The number of ether oxygens (including phenoxy) is 2. The molecule has 14 nitrogen and oxygen atoms in total. The molecule has 0 spiro atoms. The van der Waals surface area contributed by atoms with Gasteiger partial charge >= 0.3 is 11.4 Å². The largest absolute Gasteiger partial charge is 0.508 e. The van der Waals surface area contributed by atoms with E-state index in [9.17, 15) is 29.1 Å². The van der Waals surface area contributed by atoms with Crippen LogP contribution in [-0.2, 0) is 36.1 Å². The van der Waals surface area contributed by atoms with Crippen LogP contribution in [0.2, 0.25) is 0 Å². The third-order valence-corrected chi connectivity index (χ3v) is 12.1. The summed E-state index contributed by atoms with van der Waals surface area (Å²) in [5.74, 6) is -1.71. The molecule has 4 aromatic carbocycles. The van der Waals surface area contributed by atoms with Gasteiger partial charge in [0.25, 0.3) is 5.56 Å². The van der Waals surface area contributed by atoms with Crippen LogP contribution in [-0.4, -0.2) is 54.6 Å². The average Bonchev–Trinajstić information content (AvgIpc) is 3.57. The number of phenolic OH excluding ortho intramolecular Hbond substituents is 1. The highest BCUT2D eigenvalue weighted by molar-refractivity contribution is 6.24. The number of para-hydroxylation sites is 1. The molecular weight excluding hydrogens is 716 g/mol. The maximum absolute atomic E-state index is 14.8. The summed E-state index contributed by atoms with van der Waals surface area (Å²) in [5, 5.41) is 13.2. The predicted octanol–water partition coefficient (Wildman–Crippen LogP) is 4.04. The third kappa shape index (κ3) is 4.80. The first-order valence-corrected chi connectivity index (χ1v) is 18.4. The highest BCUT2D eigenvalue weighted by Gasteiger charge is 2.66. The molecule has 4 atom stereocenters. The van der Waals surface area contributed by atoms with Crippen molar-refractivity contribution in [2.45, 2.75) is 44.8 Å². The minimum absolute atomic E-state index is 0.0117. The van der Waals surface area contributed by atoms with Crippen molar-refractivity contribution in [1.29, 1.82) is 0 Å². The van der Waals surface area contributed by atoms with Crippen LogP contribution in [0.15, 0.2) is 105 Å². The van der Waals surface area contributed by atoms with E-state index in [1.54, 1.807) is 68.6 Å². The van der Waals surface area contributed by atoms with Gasteiger partial charge in [0.1, 0.15) is 11.4 Å². The predicted molar refractivity (Wildman–Crippen MR) is 207 cm³/mol. The molecule has 2 amide bonds. The van der Waals surface area contributed by atoms with Gasteiger partial charge < -0.3 is 19.1 Å². The summed E-state index contributed by atoms with van der Waals surface area (Å²) in [6.45, 7) is 1.65. The molecule has 1 saturated carbocycles. The molecule has 2 fully saturated rings. The van der Waals surface area contributed by atoms with Gasteiger partial charge in [-0.15, -0.1) is 0 Å². The van der Waals surface area contributed by atoms with E-state index in [1.807, 2.05) is 30.3 Å². The lowest BCUT2D eigenvalue weighted by Crippen LogP contribution is -2.49. The SMILES string of the molecule is COc1cc2nc(CCn3c(=O)n4n(c3=O)[C@@H]3C[C@H]5C(=O)N(c6ccccc6)C(=O)[C@@]5(C)[C@@H](c5c(O)ccc6ccccc56)C3=CC4)c(=O)n(C)c2cc1OC. The Labute approximate surface area is 319 Å². The minimum Gasteiger partial charge on any atom is -0.508 e. The zero-order chi connectivity index (χ0) is 39.2. The monoisotopic (exact) mass is 754 g/mol. The number of aryl methyl sites for hydroxylation is 2. The van der Waals surface area contributed by atoms with E-state index in [1.165, 1.54) is 33.1 Å². The molecule has 0 radical (unpaired) electrons. The summed E-state index contributed by atoms with van der Waals surface area (Å²) in [5.41, 5.74) is -0.191. The van der Waals surface area contributed by atoms with Gasteiger partial charge in [-0.1, -0.05) is 54.6 Å². The molecule has 284 valence electrons. The third-order valence-electron chi connectivity index (χ3n) is 12.1. The lowest BCUT2D eigenvalue weighted by atomic mass is 9.56. The van der Waals surface area contributed by atoms with Crippen molar-refractivity contribution in [3.63, 3.8) is 0 Å². The van der Waals surface area contributed by atoms with E-state index in [4.69, 9.17) is 9.47 Å². The summed E-state index contributed by atoms with van der Waals surface area (Å²) < 4.78 is 16.1. The smallest absolute Gasteiger partial charge is 0.347 e. The van der Waals surface area contributed by atoms with Gasteiger partial charge in [-0.05, 0) is 47.9 Å². The first-order chi connectivity index (χ1) is 27.0. The number of anilines is 1. The van der Waals surface area contributed by atoms with Crippen molar-refractivity contribution < 1.29 is 24.2 Å². The Hall–Kier alpha value is -6.70. The second kappa shape index (κ2) is 12.7. The minimum atomic E-state index is -1.35. The molecule has 0 bridgehead atoms. The molecule has 2 aliphatic heterocycles. The fraction of sp³-hybridized carbons (Fsp3) is 0.286. The zero-order valence-electron chi connectivity index (χ0n) is 31.1. The van der Waals surface area contributed by atoms with Gasteiger partial charge in [0, 0.05) is 43.6 Å². The topological polar surface area (TPSA) is 160 Å². The Morgan fingerprint density at radius 1 is 0.893 bits per heavy atom. The molecule has 1 saturated heterocycles. The van der Waals surface area contributed by atoms with E-state index in [0.29, 0.717) is 44.7 Å². The first-order valence-electron chi connectivity index (χ1n) is 18.4. The summed E-state index contributed by atoms with van der Waals surface area (Å²) in [4.78, 5) is 77.2. The van der Waals surface area contributed by atoms with Crippen molar-refractivity contribution in [3.05, 3.63) is 133 Å². The van der Waals surface area contributed by atoms with Gasteiger partial charge in [-0.25, -0.2) is 33.4 Å². The highest BCUT2D eigenvalue weighted by Crippen LogP contribution is 2.63. The lowest BCUT2D eigenvalue weighted by molar-refractivity contribution is -0.129. The highest BCUT2D eigenvalue weighted by atomic mass is 16.5. The number of allylic oxidation sites excluding steroid dienone is 2. The maximum Gasteiger partial charge on any atom is 0.347 e. The summed E-state index contributed by atoms with van der Waals surface area (Å²) >= 11 is 0. The van der Waals surface area contributed by atoms with Crippen LogP contribution in [0.4, 0.5) is 5.69 Å². The van der Waals surface area contributed by atoms with Crippen molar-refractivity contribution in [2.24, 2.45) is 18.4 Å². The number of methoxy groups -OCH3 is 2. The Morgan fingerprint density at radius 2 is 1.61 bits per heavy atom. The number of hydrogen-bond acceptors (Lipinski definition) is 9. The second-order valence-corrected chi connectivity index (χ2v) is 14.8. The van der Waals surface area contributed by atoms with E-state index in [2.05, 4.69) is 4.98 Å². The van der Waals surface area contributed by atoms with Crippen LogP contribution in [0.3, 0.4) is 0 Å². The molecule has 56 heavy (non-hydrogen) atoms. The Bertz CT molecular complexity index is 2870. The van der Waals surface area contributed by atoms with Gasteiger partial charge in [0.05, 0.1) is 54.9 Å². The maximum atomic E-state index is 14.8. The molecular formula is C42H38N6O8. The Balaban J connectivity index is 1.16. The molecule has 0 unspecified atom stereocenters. The van der Waals surface area contributed by atoms with E-state index < -0.39 is 46.5 Å². The number of phenols is 1. The second-order valence-electron chi connectivity index (χ2n) is 14.8. The Kier molecular flexibility index (Phi) is 7.93. The van der Waals surface area contributed by atoms with Crippen LogP contribution in [0, 0.1) is 11.3 Å². The number of fused-ring (bicyclic) bond motifs is 6. The van der Waals surface area contributed by atoms with Crippen LogP contribution in [0.5, 0.6) is 17.2 Å². The standard InChI is InChI=1S/C42H38N6O8/c1-42-27(37(50)47(39(42)52)24-11-6-5-7-12-24)20-30-26(36(42)35-25-13-9-8-10-23(25)14-15-32(35)49)16-19-46-40(53)45(41(54)48(30)46)18-17-28-38(51)44(2)31-22-34(56-4)33(55-3)21-29(31)43-28/h5-16,21-22,27,30,36,49H,17-20H2,1-4H3/t27-,30+,36+,42+/m0/s1. The molecule has 2 aromatic heterocycles. The summed E-state index contributed by atoms with van der Waals surface area (Å²) in [6, 6.07) is 22.2. The molecule has 9 rings (SSSR count). The fourth-order valence-corrected chi connectivity index (χ4v) is 9.32. The van der Waals surface area contributed by atoms with Gasteiger partial charge in [0.2, 0.25) is 11.8 Å². The van der Waals surface area contributed by atoms with Crippen molar-refractivity contribution in [2.75, 3.05) is 19.1 Å². The average molecular weight is 755 g/mol. The quantitative estimate of drug-likeness (QED) is 0.188. The van der Waals surface area contributed by atoms with E-state index in [-0.39, 0.29) is 42.9 Å². The lowest BCUT2D eigenvalue weighted by Gasteiger charge is -2.47. The fourth-order valence-electron chi connectivity index (χ4n) is 9.32. The van der Waals surface area contributed by atoms with Gasteiger partial charge in [0.15, 0.2) is 11.5 Å². The summed E-state index contributed by atoms with van der Waals surface area (Å²) in [7, 11) is 4.61. The molecule has 14 heteroatoms. The number of amides is 2. The number of carbonyl (C=O) groups is 2. The number of carbonyl (C=O) groups excluding carboxylic acids is 2. The number of rotatable bonds is 7. The normalized spacial score (nSPS) is 21.5. The molecule has 6 aromatic rings. The van der Waals surface area contributed by atoms with Crippen LogP contribution < -0.4 is 31.3 Å². The molecule has 4 heterocycles. The zero-order valence-corrected chi connectivity index (χ0v) is 31.1. The summed E-state index contributed by atoms with van der Waals surface area (Å²) in [6.07, 6.45) is 1.90. The van der Waals surface area contributed by atoms with E-state index in [0.717, 1.165) is 9.95 Å². The molecule has 1 N–H and O–H groups in total. The van der Waals surface area contributed by atoms with Gasteiger partial charge in [-0.2, -0.15) is 0 Å². The first kappa shape index (κ1) is 35.0. The number of benzene rings is 4. The Morgan fingerprint density at radius 3 is 2.36 bits per heavy atom. The van der Waals surface area contributed by atoms with Crippen LogP contribution >= 0.6 is 0 Å². The number of nitrogens with zero attached hydrogens (tertiary/aromatic N) is 6.